The third-order valence-corrected chi connectivity index (χ3v) is 3.88. The summed E-state index contributed by atoms with van der Waals surface area (Å²) in [5.74, 6) is 1.18. The molecule has 0 saturated heterocycles. The molecule has 1 amide bonds. The van der Waals surface area contributed by atoms with Crippen LogP contribution in [0.3, 0.4) is 0 Å². The van der Waals surface area contributed by atoms with Crippen LogP contribution < -0.4 is 11.1 Å². The number of nitrogen functional groups attached to an aromatic ring is 1. The average molecular weight is 295 g/mol. The van der Waals surface area contributed by atoms with Gasteiger partial charge in [-0.15, -0.1) is 0 Å². The molecule has 0 aliphatic rings. The number of hydrogen-bond acceptors (Lipinski definition) is 4. The van der Waals surface area contributed by atoms with Crippen molar-refractivity contribution in [3.63, 3.8) is 0 Å². The highest BCUT2D eigenvalue weighted by atomic mass is 32.2. The minimum absolute atomic E-state index is 0.0608. The first-order valence-electron chi connectivity index (χ1n) is 7.11. The zero-order valence-electron chi connectivity index (χ0n) is 12.6. The quantitative estimate of drug-likeness (QED) is 0.723. The molecule has 0 aliphatic heterocycles. The first-order valence-corrected chi connectivity index (χ1v) is 8.09. The summed E-state index contributed by atoms with van der Waals surface area (Å²) in [6.07, 6.45) is 5.01. The molecule has 1 aromatic rings. The van der Waals surface area contributed by atoms with Crippen molar-refractivity contribution in [2.24, 2.45) is 5.92 Å². The third kappa shape index (κ3) is 7.38. The Hall–Kier alpha value is -1.23. The molecule has 0 aliphatic carbocycles. The summed E-state index contributed by atoms with van der Waals surface area (Å²) in [6, 6.07) is 3.86. The van der Waals surface area contributed by atoms with Gasteiger partial charge in [-0.2, -0.15) is 0 Å². The van der Waals surface area contributed by atoms with Gasteiger partial charge in [0.05, 0.1) is 22.7 Å². The number of nitrogens with one attached hydrogen (secondary N) is 1. The monoisotopic (exact) mass is 295 g/mol. The number of amides is 1. The van der Waals surface area contributed by atoms with E-state index in [2.05, 4.69) is 31.1 Å². The van der Waals surface area contributed by atoms with Crippen molar-refractivity contribution in [2.75, 3.05) is 11.5 Å². The second-order valence-corrected chi connectivity index (χ2v) is 6.51. The number of hydrogen-bond donors (Lipinski definition) is 2. The van der Waals surface area contributed by atoms with Crippen LogP contribution in [0, 0.1) is 5.92 Å². The maximum Gasteiger partial charge on any atom is 0.230 e. The van der Waals surface area contributed by atoms with Crippen molar-refractivity contribution in [1.82, 2.24) is 10.3 Å². The number of anilines is 1. The zero-order valence-corrected chi connectivity index (χ0v) is 13.4. The van der Waals surface area contributed by atoms with Crippen LogP contribution in [-0.4, -0.2) is 22.7 Å². The van der Waals surface area contributed by atoms with Gasteiger partial charge >= 0.3 is 0 Å². The first kappa shape index (κ1) is 16.8. The van der Waals surface area contributed by atoms with Gasteiger partial charge in [0.15, 0.2) is 0 Å². The Labute approximate surface area is 125 Å². The molecule has 4 nitrogen and oxygen atoms in total. The number of thioether (sulfide) groups is 1. The summed E-state index contributed by atoms with van der Waals surface area (Å²) in [4.78, 5) is 16.0. The topological polar surface area (TPSA) is 68.0 Å². The van der Waals surface area contributed by atoms with Gasteiger partial charge in [-0.05, 0) is 31.4 Å². The number of rotatable bonds is 8. The number of nitrogens with zero attached hydrogens (tertiary/aromatic N) is 1. The molecule has 5 heteroatoms. The van der Waals surface area contributed by atoms with Gasteiger partial charge in [0.25, 0.3) is 0 Å². The van der Waals surface area contributed by atoms with Crippen LogP contribution in [0.2, 0.25) is 0 Å². The number of nitrogens with two attached hydrogens (primary N) is 1. The van der Waals surface area contributed by atoms with E-state index < -0.39 is 0 Å². The summed E-state index contributed by atoms with van der Waals surface area (Å²) in [5.41, 5.74) is 6.20. The minimum atomic E-state index is 0.0608. The number of carbonyl (C=O) groups is 1. The molecule has 112 valence electrons. The Morgan fingerprint density at radius 1 is 1.35 bits per heavy atom. The first-order chi connectivity index (χ1) is 9.47. The van der Waals surface area contributed by atoms with E-state index in [9.17, 15) is 4.79 Å². The van der Waals surface area contributed by atoms with E-state index in [0.717, 1.165) is 23.8 Å². The molecule has 1 heterocycles. The molecule has 0 fully saturated rings. The maximum absolute atomic E-state index is 11.8. The lowest BCUT2D eigenvalue weighted by Crippen LogP contribution is -2.33. The highest BCUT2D eigenvalue weighted by molar-refractivity contribution is 7.99. The lowest BCUT2D eigenvalue weighted by Gasteiger charge is -2.14. The molecule has 0 radical (unpaired) electrons. The molecule has 0 bridgehead atoms. The number of carbonyl (C=O) groups excluding carboxylic acids is 1. The van der Waals surface area contributed by atoms with Gasteiger partial charge in [-0.3, -0.25) is 4.79 Å². The van der Waals surface area contributed by atoms with Crippen molar-refractivity contribution in [1.29, 1.82) is 0 Å². The maximum atomic E-state index is 11.8. The van der Waals surface area contributed by atoms with E-state index in [-0.39, 0.29) is 11.9 Å². The van der Waals surface area contributed by atoms with Crippen molar-refractivity contribution in [3.05, 3.63) is 18.3 Å². The Morgan fingerprint density at radius 3 is 2.70 bits per heavy atom. The van der Waals surface area contributed by atoms with Crippen LogP contribution in [0.1, 0.15) is 40.0 Å². The van der Waals surface area contributed by atoms with Gasteiger partial charge in [-0.25, -0.2) is 4.98 Å². The molecule has 20 heavy (non-hydrogen) atoms. The Bertz CT molecular complexity index is 406. The lowest BCUT2D eigenvalue weighted by atomic mass is 10.0. The largest absolute Gasteiger partial charge is 0.397 e. The summed E-state index contributed by atoms with van der Waals surface area (Å²) in [5, 5.41) is 3.84. The van der Waals surface area contributed by atoms with Crippen molar-refractivity contribution < 1.29 is 4.79 Å². The van der Waals surface area contributed by atoms with Gasteiger partial charge in [0, 0.05) is 6.04 Å². The van der Waals surface area contributed by atoms with E-state index in [0.29, 0.717) is 11.4 Å². The molecule has 0 spiro atoms. The number of aromatic nitrogens is 1. The minimum Gasteiger partial charge on any atom is -0.397 e. The average Bonchev–Trinajstić information content (AvgIpc) is 2.37. The smallest absolute Gasteiger partial charge is 0.230 e. The van der Waals surface area contributed by atoms with Gasteiger partial charge in [0.1, 0.15) is 0 Å². The SMILES string of the molecule is CC(C)CCCC(C)NC(=O)CSc1ccc(N)cn1. The van der Waals surface area contributed by atoms with E-state index >= 15 is 0 Å². The summed E-state index contributed by atoms with van der Waals surface area (Å²) < 4.78 is 0. The molecule has 1 unspecified atom stereocenters. The van der Waals surface area contributed by atoms with E-state index in [1.54, 1.807) is 12.3 Å². The van der Waals surface area contributed by atoms with Crippen molar-refractivity contribution in [2.45, 2.75) is 51.1 Å². The normalized spacial score (nSPS) is 12.4. The Kier molecular flexibility index (Phi) is 7.44. The second kappa shape index (κ2) is 8.84. The van der Waals surface area contributed by atoms with Gasteiger partial charge in [-0.1, -0.05) is 38.5 Å². The Balaban J connectivity index is 2.20. The standard InChI is InChI=1S/C15H25N3OS/c1-11(2)5-4-6-12(3)18-14(19)10-20-15-8-7-13(16)9-17-15/h7-9,11-12H,4-6,10,16H2,1-3H3,(H,18,19). The molecule has 1 atom stereocenters. The predicted molar refractivity (Wildman–Crippen MR) is 85.7 cm³/mol. The van der Waals surface area contributed by atoms with E-state index in [4.69, 9.17) is 5.73 Å². The van der Waals surface area contributed by atoms with Crippen molar-refractivity contribution in [3.8, 4) is 0 Å². The van der Waals surface area contributed by atoms with Crippen molar-refractivity contribution >= 4 is 23.4 Å². The molecule has 3 N–H and O–H groups in total. The molecular formula is C15H25N3OS. The molecule has 1 aromatic heterocycles. The van der Waals surface area contributed by atoms with Crippen LogP contribution >= 0.6 is 11.8 Å². The summed E-state index contributed by atoms with van der Waals surface area (Å²) >= 11 is 1.43. The van der Waals surface area contributed by atoms with Crippen LogP contribution in [0.5, 0.6) is 0 Å². The van der Waals surface area contributed by atoms with Gasteiger partial charge in [0.2, 0.25) is 5.91 Å². The highest BCUT2D eigenvalue weighted by Gasteiger charge is 2.08. The summed E-state index contributed by atoms with van der Waals surface area (Å²) in [7, 11) is 0. The lowest BCUT2D eigenvalue weighted by molar-refractivity contribution is -0.119. The van der Waals surface area contributed by atoms with Crippen LogP contribution in [0.4, 0.5) is 5.69 Å². The molecule has 0 saturated carbocycles. The fourth-order valence-electron chi connectivity index (χ4n) is 1.84. The third-order valence-electron chi connectivity index (χ3n) is 2.94. The zero-order chi connectivity index (χ0) is 15.0. The molecular weight excluding hydrogens is 270 g/mol. The van der Waals surface area contributed by atoms with E-state index in [1.807, 2.05) is 6.07 Å². The second-order valence-electron chi connectivity index (χ2n) is 5.51. The van der Waals surface area contributed by atoms with Crippen LogP contribution in [0.15, 0.2) is 23.4 Å². The number of pyridine rings is 1. The summed E-state index contributed by atoms with van der Waals surface area (Å²) in [6.45, 7) is 6.50. The van der Waals surface area contributed by atoms with Crippen LogP contribution in [0.25, 0.3) is 0 Å². The molecule has 0 aromatic carbocycles. The Morgan fingerprint density at radius 2 is 2.10 bits per heavy atom. The fourth-order valence-corrected chi connectivity index (χ4v) is 2.49. The highest BCUT2D eigenvalue weighted by Crippen LogP contribution is 2.15. The fraction of sp³-hybridized carbons (Fsp3) is 0.600. The van der Waals surface area contributed by atoms with Gasteiger partial charge < -0.3 is 11.1 Å². The predicted octanol–water partition coefficient (Wildman–Crippen LogP) is 3.09. The van der Waals surface area contributed by atoms with E-state index in [1.165, 1.54) is 18.2 Å². The van der Waals surface area contributed by atoms with Crippen LogP contribution in [-0.2, 0) is 4.79 Å². The molecule has 1 rings (SSSR count).